The van der Waals surface area contributed by atoms with Gasteiger partial charge in [-0.25, -0.2) is 0 Å². The molecule has 1 aromatic carbocycles. The van der Waals surface area contributed by atoms with Gasteiger partial charge < -0.3 is 10.5 Å². The van der Waals surface area contributed by atoms with E-state index >= 15 is 0 Å². The quantitative estimate of drug-likeness (QED) is 0.844. The third-order valence-corrected chi connectivity index (χ3v) is 4.68. The second-order valence-corrected chi connectivity index (χ2v) is 6.85. The number of thiophene rings is 1. The molecule has 0 radical (unpaired) electrons. The second kappa shape index (κ2) is 7.92. The fourth-order valence-electron chi connectivity index (χ4n) is 2.37. The van der Waals surface area contributed by atoms with Crippen molar-refractivity contribution in [3.63, 3.8) is 0 Å². The minimum atomic E-state index is 0.197. The Kier molecular flexibility index (Phi) is 6.21. The highest BCUT2D eigenvalue weighted by Gasteiger charge is 2.16. The van der Waals surface area contributed by atoms with E-state index in [1.165, 1.54) is 16.0 Å². The van der Waals surface area contributed by atoms with Crippen molar-refractivity contribution in [2.24, 2.45) is 5.73 Å². The maximum Gasteiger partial charge on any atom is 0.0931 e. The van der Waals surface area contributed by atoms with Gasteiger partial charge in [0.2, 0.25) is 0 Å². The van der Waals surface area contributed by atoms with Crippen LogP contribution in [0.4, 0.5) is 0 Å². The summed E-state index contributed by atoms with van der Waals surface area (Å²) in [5, 5.41) is 0. The highest BCUT2D eigenvalue weighted by Crippen LogP contribution is 2.26. The van der Waals surface area contributed by atoms with Crippen molar-refractivity contribution in [2.75, 3.05) is 20.7 Å². The van der Waals surface area contributed by atoms with E-state index in [9.17, 15) is 0 Å². The summed E-state index contributed by atoms with van der Waals surface area (Å²) in [5.41, 5.74) is 8.37. The summed E-state index contributed by atoms with van der Waals surface area (Å²) in [4.78, 5) is 3.50. The fraction of sp³-hybridized carbons (Fsp3) is 0.375. The van der Waals surface area contributed by atoms with Crippen LogP contribution < -0.4 is 5.73 Å². The van der Waals surface area contributed by atoms with Crippen LogP contribution in [0.15, 0.2) is 36.4 Å². The molecule has 114 valence electrons. The van der Waals surface area contributed by atoms with Gasteiger partial charge in [-0.05, 0) is 30.3 Å². The zero-order chi connectivity index (χ0) is 15.2. The molecule has 0 aliphatic heterocycles. The lowest BCUT2D eigenvalue weighted by molar-refractivity contribution is 0.185. The van der Waals surface area contributed by atoms with E-state index in [1.54, 1.807) is 18.4 Å². The third-order valence-electron chi connectivity index (χ3n) is 3.46. The average molecular weight is 325 g/mol. The molecular weight excluding hydrogens is 304 g/mol. The van der Waals surface area contributed by atoms with Crippen LogP contribution in [0.1, 0.15) is 22.0 Å². The number of ether oxygens (including phenoxy) is 1. The topological polar surface area (TPSA) is 38.5 Å². The van der Waals surface area contributed by atoms with Crippen LogP contribution in [0.3, 0.4) is 0 Å². The van der Waals surface area contributed by atoms with E-state index in [2.05, 4.69) is 42.3 Å². The molecule has 0 amide bonds. The molecule has 2 N–H and O–H groups in total. The largest absolute Gasteiger partial charge is 0.380 e. The SMILES string of the molecule is COCc1ccc(C(CN)N(C)Cc2ccc(Cl)s2)cc1. The lowest BCUT2D eigenvalue weighted by atomic mass is 10.0. The molecule has 0 aliphatic rings. The highest BCUT2D eigenvalue weighted by molar-refractivity contribution is 7.16. The fourth-order valence-corrected chi connectivity index (χ4v) is 3.52. The average Bonchev–Trinajstić information content (AvgIpc) is 2.87. The van der Waals surface area contributed by atoms with Gasteiger partial charge in [0.05, 0.1) is 10.9 Å². The molecule has 0 bridgehead atoms. The van der Waals surface area contributed by atoms with E-state index in [4.69, 9.17) is 22.1 Å². The summed E-state index contributed by atoms with van der Waals surface area (Å²) in [6.45, 7) is 2.06. The number of nitrogens with zero attached hydrogens (tertiary/aromatic N) is 1. The van der Waals surface area contributed by atoms with Crippen LogP contribution in [0.2, 0.25) is 4.34 Å². The van der Waals surface area contributed by atoms with E-state index in [0.29, 0.717) is 13.2 Å². The first-order chi connectivity index (χ1) is 10.1. The number of rotatable bonds is 7. The Morgan fingerprint density at radius 2 is 1.95 bits per heavy atom. The van der Waals surface area contributed by atoms with Crippen molar-refractivity contribution in [2.45, 2.75) is 19.2 Å². The summed E-state index contributed by atoms with van der Waals surface area (Å²) in [6.07, 6.45) is 0. The Labute approximate surface area is 135 Å². The number of benzene rings is 1. The summed E-state index contributed by atoms with van der Waals surface area (Å²) in [6, 6.07) is 12.6. The summed E-state index contributed by atoms with van der Waals surface area (Å²) >= 11 is 7.60. The maximum absolute atomic E-state index is 5.98. The van der Waals surface area contributed by atoms with Crippen LogP contribution in [0.25, 0.3) is 0 Å². The first-order valence-electron chi connectivity index (χ1n) is 6.86. The first kappa shape index (κ1) is 16.5. The molecule has 1 aromatic heterocycles. The van der Waals surface area contributed by atoms with E-state index < -0.39 is 0 Å². The van der Waals surface area contributed by atoms with Crippen LogP contribution >= 0.6 is 22.9 Å². The van der Waals surface area contributed by atoms with Gasteiger partial charge in [-0.1, -0.05) is 35.9 Å². The number of hydrogen-bond acceptors (Lipinski definition) is 4. The normalized spacial score (nSPS) is 12.8. The molecular formula is C16H21ClN2OS. The molecule has 2 aromatic rings. The molecule has 1 atom stereocenters. The molecule has 1 unspecified atom stereocenters. The van der Waals surface area contributed by atoms with Crippen molar-refractivity contribution in [1.82, 2.24) is 4.90 Å². The molecule has 0 saturated heterocycles. The van der Waals surface area contributed by atoms with Gasteiger partial charge in [-0.3, -0.25) is 4.90 Å². The van der Waals surface area contributed by atoms with Gasteiger partial charge in [0.1, 0.15) is 0 Å². The lowest BCUT2D eigenvalue weighted by Gasteiger charge is -2.27. The van der Waals surface area contributed by atoms with Crippen LogP contribution in [0, 0.1) is 0 Å². The Hall–Kier alpha value is -0.910. The van der Waals surface area contributed by atoms with Crippen LogP contribution in [-0.4, -0.2) is 25.6 Å². The second-order valence-electron chi connectivity index (χ2n) is 5.05. The Morgan fingerprint density at radius 1 is 1.24 bits per heavy atom. The molecule has 0 aliphatic carbocycles. The number of halogens is 1. The predicted molar refractivity (Wildman–Crippen MR) is 89.7 cm³/mol. The smallest absolute Gasteiger partial charge is 0.0931 e. The van der Waals surface area contributed by atoms with E-state index in [0.717, 1.165) is 10.9 Å². The Balaban J connectivity index is 2.07. The van der Waals surface area contributed by atoms with Gasteiger partial charge in [0.25, 0.3) is 0 Å². The van der Waals surface area contributed by atoms with Crippen LogP contribution in [-0.2, 0) is 17.9 Å². The molecule has 2 rings (SSSR count). The highest BCUT2D eigenvalue weighted by atomic mass is 35.5. The van der Waals surface area contributed by atoms with Gasteiger partial charge in [0.15, 0.2) is 0 Å². The number of nitrogens with two attached hydrogens (primary N) is 1. The monoisotopic (exact) mass is 324 g/mol. The van der Waals surface area contributed by atoms with Crippen LogP contribution in [0.5, 0.6) is 0 Å². The summed E-state index contributed by atoms with van der Waals surface area (Å²) in [7, 11) is 3.80. The molecule has 0 saturated carbocycles. The number of likely N-dealkylation sites (N-methyl/N-ethyl adjacent to an activating group) is 1. The molecule has 5 heteroatoms. The molecule has 21 heavy (non-hydrogen) atoms. The predicted octanol–water partition coefficient (Wildman–Crippen LogP) is 3.68. The lowest BCUT2D eigenvalue weighted by Crippen LogP contribution is -2.29. The maximum atomic E-state index is 5.98. The van der Waals surface area contributed by atoms with Crippen molar-refractivity contribution >= 4 is 22.9 Å². The summed E-state index contributed by atoms with van der Waals surface area (Å²) < 4.78 is 5.96. The molecule has 0 fully saturated rings. The van der Waals surface area contributed by atoms with Gasteiger partial charge >= 0.3 is 0 Å². The number of methoxy groups -OCH3 is 1. The van der Waals surface area contributed by atoms with Crippen molar-refractivity contribution < 1.29 is 4.74 Å². The minimum Gasteiger partial charge on any atom is -0.380 e. The third kappa shape index (κ3) is 4.53. The standard InChI is InChI=1S/C16H21ClN2OS/c1-19(10-14-7-8-16(17)21-14)15(9-18)13-5-3-12(4-6-13)11-20-2/h3-8,15H,9-11,18H2,1-2H3. The van der Waals surface area contributed by atoms with Gasteiger partial charge in [0, 0.05) is 31.1 Å². The zero-order valence-corrected chi connectivity index (χ0v) is 14.0. The van der Waals surface area contributed by atoms with E-state index in [1.807, 2.05) is 6.07 Å². The van der Waals surface area contributed by atoms with Gasteiger partial charge in [-0.15, -0.1) is 11.3 Å². The van der Waals surface area contributed by atoms with E-state index in [-0.39, 0.29) is 6.04 Å². The Morgan fingerprint density at radius 3 is 2.48 bits per heavy atom. The Bertz CT molecular complexity index is 556. The zero-order valence-electron chi connectivity index (χ0n) is 12.4. The van der Waals surface area contributed by atoms with Crippen molar-refractivity contribution in [3.05, 3.63) is 56.7 Å². The summed E-state index contributed by atoms with van der Waals surface area (Å²) in [5.74, 6) is 0. The van der Waals surface area contributed by atoms with Crippen molar-refractivity contribution in [3.8, 4) is 0 Å². The van der Waals surface area contributed by atoms with Gasteiger partial charge in [-0.2, -0.15) is 0 Å². The van der Waals surface area contributed by atoms with Crippen molar-refractivity contribution in [1.29, 1.82) is 0 Å². The molecule has 1 heterocycles. The minimum absolute atomic E-state index is 0.197. The molecule has 3 nitrogen and oxygen atoms in total. The molecule has 0 spiro atoms. The number of hydrogen-bond donors (Lipinski definition) is 1. The first-order valence-corrected chi connectivity index (χ1v) is 8.05.